The Bertz CT molecular complexity index is 1410. The Balaban J connectivity index is 1.32. The van der Waals surface area contributed by atoms with Crippen molar-refractivity contribution in [3.05, 3.63) is 47.8 Å². The van der Waals surface area contributed by atoms with Gasteiger partial charge in [0, 0.05) is 19.6 Å². The van der Waals surface area contributed by atoms with Gasteiger partial charge < -0.3 is 29.2 Å². The number of esters is 1. The molecule has 2 atom stereocenters. The van der Waals surface area contributed by atoms with Crippen LogP contribution >= 0.6 is 0 Å². The van der Waals surface area contributed by atoms with Gasteiger partial charge in [0.15, 0.2) is 11.5 Å². The summed E-state index contributed by atoms with van der Waals surface area (Å²) in [6.07, 6.45) is 1.70. The normalized spacial score (nSPS) is 22.5. The quantitative estimate of drug-likeness (QED) is 0.386. The highest BCUT2D eigenvalue weighted by molar-refractivity contribution is 5.93. The van der Waals surface area contributed by atoms with Gasteiger partial charge in [0.1, 0.15) is 5.82 Å². The Kier molecular flexibility index (Phi) is 5.70. The van der Waals surface area contributed by atoms with Crippen molar-refractivity contribution < 1.29 is 24.5 Å². The number of hydrogen-bond donors (Lipinski definition) is 2. The summed E-state index contributed by atoms with van der Waals surface area (Å²) in [7, 11) is 1.36. The van der Waals surface area contributed by atoms with Crippen molar-refractivity contribution in [2.45, 2.75) is 38.0 Å². The number of anilines is 1. The van der Waals surface area contributed by atoms with E-state index in [0.717, 1.165) is 29.7 Å². The average molecular weight is 504 g/mol. The first kappa shape index (κ1) is 23.6. The van der Waals surface area contributed by atoms with Crippen molar-refractivity contribution in [3.8, 4) is 17.6 Å². The minimum atomic E-state index is -0.408. The summed E-state index contributed by atoms with van der Waals surface area (Å²) < 4.78 is 12.9. The van der Waals surface area contributed by atoms with Gasteiger partial charge in [-0.3, -0.25) is 4.90 Å². The molecule has 2 saturated heterocycles. The molecule has 0 bridgehead atoms. The second-order valence-corrected chi connectivity index (χ2v) is 10.2. The number of piperazine rings is 1. The van der Waals surface area contributed by atoms with Crippen molar-refractivity contribution in [2.24, 2.45) is 5.41 Å². The lowest BCUT2D eigenvalue weighted by atomic mass is 10.0. The van der Waals surface area contributed by atoms with E-state index in [1.54, 1.807) is 18.2 Å². The second kappa shape index (κ2) is 8.94. The van der Waals surface area contributed by atoms with Gasteiger partial charge in [-0.1, -0.05) is 6.07 Å². The molecule has 6 rings (SSSR count). The number of carbonyl (C=O) groups excluding carboxylic acids is 1. The lowest BCUT2D eigenvalue weighted by molar-refractivity contribution is 0.0601. The number of ether oxygens (including phenoxy) is 2. The first-order chi connectivity index (χ1) is 17.9. The number of imidazole rings is 1. The number of nitrogens with zero attached hydrogens (tertiary/aromatic N) is 5. The third-order valence-corrected chi connectivity index (χ3v) is 7.97. The van der Waals surface area contributed by atoms with E-state index in [0.29, 0.717) is 50.6 Å². The molecule has 0 spiro atoms. The standard InChI is InChI=1S/C27H29N5O5/c1-36-26(35)17-5-6-18-20(11-17)32(16-27(15-28)7-8-27)24(29-18)12-30-9-10-31(22-14-37-13-21(22)30)19-3-2-4-23(33)25(19)34/h2-6,11,21-22,33-34H,7-10,12-14,16H2,1H3. The number of carbonyl (C=O) groups is 1. The van der Waals surface area contributed by atoms with Gasteiger partial charge in [-0.2, -0.15) is 5.26 Å². The van der Waals surface area contributed by atoms with Crippen LogP contribution in [0.5, 0.6) is 11.5 Å². The van der Waals surface area contributed by atoms with Crippen LogP contribution < -0.4 is 4.90 Å². The molecule has 1 aliphatic carbocycles. The lowest BCUT2D eigenvalue weighted by Gasteiger charge is -2.44. The first-order valence-electron chi connectivity index (χ1n) is 12.5. The number of para-hydroxylation sites is 1. The molecule has 2 N–H and O–H groups in total. The van der Waals surface area contributed by atoms with E-state index in [4.69, 9.17) is 14.5 Å². The highest BCUT2D eigenvalue weighted by Crippen LogP contribution is 2.47. The van der Waals surface area contributed by atoms with Crippen molar-refractivity contribution >= 4 is 22.7 Å². The fourth-order valence-electron chi connectivity index (χ4n) is 5.65. The number of aromatic nitrogens is 2. The molecular formula is C27H29N5O5. The lowest BCUT2D eigenvalue weighted by Crippen LogP contribution is -2.59. The predicted octanol–water partition coefficient (Wildman–Crippen LogP) is 2.63. The third-order valence-electron chi connectivity index (χ3n) is 7.97. The van der Waals surface area contributed by atoms with E-state index >= 15 is 0 Å². The van der Waals surface area contributed by atoms with E-state index in [1.165, 1.54) is 13.2 Å². The maximum Gasteiger partial charge on any atom is 0.337 e. The molecule has 37 heavy (non-hydrogen) atoms. The van der Waals surface area contributed by atoms with E-state index in [1.807, 2.05) is 12.1 Å². The van der Waals surface area contributed by atoms with Crippen LogP contribution in [0.25, 0.3) is 11.0 Å². The molecule has 2 aromatic carbocycles. The molecule has 2 aliphatic heterocycles. The van der Waals surface area contributed by atoms with E-state index < -0.39 is 11.4 Å². The Labute approximate surface area is 214 Å². The number of aromatic hydroxyl groups is 2. The van der Waals surface area contributed by atoms with Crippen LogP contribution in [0.1, 0.15) is 29.0 Å². The molecule has 10 nitrogen and oxygen atoms in total. The molecular weight excluding hydrogens is 474 g/mol. The fraction of sp³-hybridized carbons (Fsp3) is 0.444. The minimum Gasteiger partial charge on any atom is -0.504 e. The predicted molar refractivity (Wildman–Crippen MR) is 134 cm³/mol. The van der Waals surface area contributed by atoms with Gasteiger partial charge in [0.25, 0.3) is 0 Å². The second-order valence-electron chi connectivity index (χ2n) is 10.2. The van der Waals surface area contributed by atoms with Gasteiger partial charge in [-0.05, 0) is 43.2 Å². The van der Waals surface area contributed by atoms with Crippen LogP contribution in [0.15, 0.2) is 36.4 Å². The van der Waals surface area contributed by atoms with E-state index in [2.05, 4.69) is 20.4 Å². The van der Waals surface area contributed by atoms with Gasteiger partial charge >= 0.3 is 5.97 Å². The van der Waals surface area contributed by atoms with Crippen molar-refractivity contribution in [3.63, 3.8) is 0 Å². The zero-order chi connectivity index (χ0) is 25.7. The molecule has 3 heterocycles. The molecule has 10 heteroatoms. The third kappa shape index (κ3) is 4.04. The van der Waals surface area contributed by atoms with E-state index in [-0.39, 0.29) is 23.6 Å². The zero-order valence-corrected chi connectivity index (χ0v) is 20.6. The monoisotopic (exact) mass is 503 g/mol. The summed E-state index contributed by atoms with van der Waals surface area (Å²) >= 11 is 0. The smallest absolute Gasteiger partial charge is 0.337 e. The molecule has 3 aromatic rings. The number of phenolic OH excluding ortho intramolecular Hbond substituents is 2. The Morgan fingerprint density at radius 3 is 2.78 bits per heavy atom. The van der Waals surface area contributed by atoms with Gasteiger partial charge in [0.05, 0.1) is 72.7 Å². The Hall–Kier alpha value is -3.81. The number of rotatable bonds is 6. The molecule has 1 aromatic heterocycles. The summed E-state index contributed by atoms with van der Waals surface area (Å²) in [6.45, 7) is 3.52. The van der Waals surface area contributed by atoms with Crippen LogP contribution in [-0.2, 0) is 22.6 Å². The van der Waals surface area contributed by atoms with Crippen LogP contribution in [0, 0.1) is 16.7 Å². The summed E-state index contributed by atoms with van der Waals surface area (Å²) in [5.74, 6) is 0.186. The van der Waals surface area contributed by atoms with Gasteiger partial charge in [0.2, 0.25) is 0 Å². The van der Waals surface area contributed by atoms with Crippen molar-refractivity contribution in [1.82, 2.24) is 14.5 Å². The summed E-state index contributed by atoms with van der Waals surface area (Å²) in [5.41, 5.74) is 2.26. The molecule has 0 radical (unpaired) electrons. The van der Waals surface area contributed by atoms with E-state index in [9.17, 15) is 20.3 Å². The van der Waals surface area contributed by atoms with Gasteiger partial charge in [-0.25, -0.2) is 9.78 Å². The zero-order valence-electron chi connectivity index (χ0n) is 20.6. The highest BCUT2D eigenvalue weighted by Gasteiger charge is 2.45. The minimum absolute atomic E-state index is 0.0130. The topological polar surface area (TPSA) is 124 Å². The SMILES string of the molecule is COC(=O)c1ccc2nc(CN3CCN(c4cccc(O)c4O)C4COCC43)n(CC3(C#N)CC3)c2c1. The first-order valence-corrected chi connectivity index (χ1v) is 12.5. The summed E-state index contributed by atoms with van der Waals surface area (Å²) in [5, 5.41) is 30.3. The molecule has 3 fully saturated rings. The summed E-state index contributed by atoms with van der Waals surface area (Å²) in [6, 6.07) is 12.9. The number of hydrogen-bond acceptors (Lipinski definition) is 9. The average Bonchev–Trinajstić information content (AvgIpc) is 3.36. The largest absolute Gasteiger partial charge is 0.504 e. The van der Waals surface area contributed by atoms with Crippen LogP contribution in [0.4, 0.5) is 5.69 Å². The molecule has 192 valence electrons. The van der Waals surface area contributed by atoms with Crippen LogP contribution in [0.3, 0.4) is 0 Å². The number of benzene rings is 2. The van der Waals surface area contributed by atoms with Crippen molar-refractivity contribution in [2.75, 3.05) is 38.3 Å². The Morgan fingerprint density at radius 1 is 1.22 bits per heavy atom. The van der Waals surface area contributed by atoms with Crippen molar-refractivity contribution in [1.29, 1.82) is 5.26 Å². The highest BCUT2D eigenvalue weighted by atomic mass is 16.5. The van der Waals surface area contributed by atoms with Gasteiger partial charge in [-0.15, -0.1) is 0 Å². The Morgan fingerprint density at radius 2 is 2.03 bits per heavy atom. The number of nitriles is 1. The molecule has 2 unspecified atom stereocenters. The number of methoxy groups -OCH3 is 1. The molecule has 3 aliphatic rings. The molecule has 1 saturated carbocycles. The number of phenols is 2. The molecule has 0 amide bonds. The maximum absolute atomic E-state index is 12.2. The fourth-order valence-corrected chi connectivity index (χ4v) is 5.65. The van der Waals surface area contributed by atoms with Crippen LogP contribution in [-0.4, -0.2) is 76.1 Å². The maximum atomic E-state index is 12.2. The summed E-state index contributed by atoms with van der Waals surface area (Å²) in [4.78, 5) is 21.6. The number of fused-ring (bicyclic) bond motifs is 2. The van der Waals surface area contributed by atoms with Crippen LogP contribution in [0.2, 0.25) is 0 Å².